The van der Waals surface area contributed by atoms with Gasteiger partial charge in [-0.3, -0.25) is 4.79 Å². The summed E-state index contributed by atoms with van der Waals surface area (Å²) in [6.07, 6.45) is -0.494. The summed E-state index contributed by atoms with van der Waals surface area (Å²) in [7, 11) is 0. The number of ether oxygens (including phenoxy) is 2. The van der Waals surface area contributed by atoms with Crippen LogP contribution < -0.4 is 16.8 Å². The molecule has 7 heteroatoms. The van der Waals surface area contributed by atoms with Crippen molar-refractivity contribution in [3.63, 3.8) is 0 Å². The number of amides is 1. The number of hydrogen-bond acceptors (Lipinski definition) is 6. The molecular formula is C19H25N3O4. The Bertz CT molecular complexity index is 694. The SMILES string of the molecule is NCCOC(COCCNC(=O)c1ccccc1)c1cc(N)ccc1O. The molecule has 2 rings (SSSR count). The molecule has 7 nitrogen and oxygen atoms in total. The monoisotopic (exact) mass is 359 g/mol. The van der Waals surface area contributed by atoms with Crippen LogP contribution in [-0.2, 0) is 9.47 Å². The average molecular weight is 359 g/mol. The molecule has 1 unspecified atom stereocenters. The standard InChI is InChI=1S/C19H25N3O4/c20-8-10-26-18(16-12-15(21)6-7-17(16)23)13-25-11-9-22-19(24)14-4-2-1-3-5-14/h1-7,12,18,23H,8-11,13,20-21H2,(H,22,24). The lowest BCUT2D eigenvalue weighted by Gasteiger charge is -2.19. The Kier molecular flexibility index (Phi) is 7.88. The Morgan fingerprint density at radius 1 is 1.15 bits per heavy atom. The van der Waals surface area contributed by atoms with E-state index >= 15 is 0 Å². The number of aromatic hydroxyl groups is 1. The van der Waals surface area contributed by atoms with E-state index in [1.54, 1.807) is 24.3 Å². The van der Waals surface area contributed by atoms with E-state index < -0.39 is 6.10 Å². The molecule has 26 heavy (non-hydrogen) atoms. The lowest BCUT2D eigenvalue weighted by atomic mass is 10.1. The summed E-state index contributed by atoms with van der Waals surface area (Å²) in [5.41, 5.74) is 12.9. The van der Waals surface area contributed by atoms with Crippen molar-refractivity contribution in [2.45, 2.75) is 6.10 Å². The third kappa shape index (κ3) is 6.03. The van der Waals surface area contributed by atoms with E-state index in [9.17, 15) is 9.90 Å². The van der Waals surface area contributed by atoms with Gasteiger partial charge in [-0.1, -0.05) is 18.2 Å². The molecule has 0 saturated carbocycles. The minimum atomic E-state index is -0.494. The maximum absolute atomic E-state index is 11.9. The molecule has 1 atom stereocenters. The first-order chi connectivity index (χ1) is 12.6. The molecule has 0 heterocycles. The van der Waals surface area contributed by atoms with Gasteiger partial charge in [-0.25, -0.2) is 0 Å². The second-order valence-corrected chi connectivity index (χ2v) is 5.66. The van der Waals surface area contributed by atoms with Gasteiger partial charge in [0.2, 0.25) is 0 Å². The van der Waals surface area contributed by atoms with E-state index in [0.29, 0.717) is 43.1 Å². The number of nitrogens with two attached hydrogens (primary N) is 2. The van der Waals surface area contributed by atoms with Crippen molar-refractivity contribution < 1.29 is 19.4 Å². The van der Waals surface area contributed by atoms with Gasteiger partial charge in [0.15, 0.2) is 0 Å². The zero-order valence-electron chi connectivity index (χ0n) is 14.6. The van der Waals surface area contributed by atoms with Crippen LogP contribution in [0.2, 0.25) is 0 Å². The van der Waals surface area contributed by atoms with Crippen LogP contribution in [0.5, 0.6) is 5.75 Å². The molecule has 140 valence electrons. The summed E-state index contributed by atoms with van der Waals surface area (Å²) in [6.45, 7) is 1.56. The molecule has 1 amide bonds. The number of benzene rings is 2. The predicted molar refractivity (Wildman–Crippen MR) is 99.9 cm³/mol. The molecule has 0 aliphatic rings. The quantitative estimate of drug-likeness (QED) is 0.289. The average Bonchev–Trinajstić information content (AvgIpc) is 2.66. The fraction of sp³-hybridized carbons (Fsp3) is 0.316. The van der Waals surface area contributed by atoms with Crippen LogP contribution in [0, 0.1) is 0 Å². The largest absolute Gasteiger partial charge is 0.508 e. The third-order valence-corrected chi connectivity index (χ3v) is 3.67. The summed E-state index contributed by atoms with van der Waals surface area (Å²) in [5.74, 6) is -0.0687. The number of nitrogens with one attached hydrogen (secondary N) is 1. The van der Waals surface area contributed by atoms with Crippen LogP contribution in [0.25, 0.3) is 0 Å². The van der Waals surface area contributed by atoms with Gasteiger partial charge in [0.25, 0.3) is 5.91 Å². The molecule has 0 radical (unpaired) electrons. The first-order valence-electron chi connectivity index (χ1n) is 8.43. The first-order valence-corrected chi connectivity index (χ1v) is 8.43. The van der Waals surface area contributed by atoms with Crippen LogP contribution in [0.4, 0.5) is 5.69 Å². The Hall–Kier alpha value is -2.61. The van der Waals surface area contributed by atoms with Gasteiger partial charge in [0, 0.05) is 29.9 Å². The highest BCUT2D eigenvalue weighted by molar-refractivity contribution is 5.94. The molecule has 6 N–H and O–H groups in total. The Labute approximate surface area is 152 Å². The van der Waals surface area contributed by atoms with Gasteiger partial charge in [-0.05, 0) is 30.3 Å². The number of phenolic OH excluding ortho intramolecular Hbond substituents is 1. The molecule has 0 spiro atoms. The Morgan fingerprint density at radius 2 is 1.92 bits per heavy atom. The van der Waals surface area contributed by atoms with Crippen LogP contribution in [0.3, 0.4) is 0 Å². The lowest BCUT2D eigenvalue weighted by molar-refractivity contribution is -0.0151. The van der Waals surface area contributed by atoms with Crippen LogP contribution in [-0.4, -0.2) is 43.9 Å². The Balaban J connectivity index is 1.82. The number of rotatable bonds is 10. The third-order valence-electron chi connectivity index (χ3n) is 3.67. The second kappa shape index (κ2) is 10.4. The maximum Gasteiger partial charge on any atom is 0.251 e. The fourth-order valence-electron chi connectivity index (χ4n) is 2.39. The molecule has 2 aromatic rings. The van der Waals surface area contributed by atoms with Crippen molar-refractivity contribution in [3.8, 4) is 5.75 Å². The van der Waals surface area contributed by atoms with Crippen LogP contribution >= 0.6 is 0 Å². The highest BCUT2D eigenvalue weighted by Gasteiger charge is 2.17. The topological polar surface area (TPSA) is 120 Å². The molecule has 2 aromatic carbocycles. The van der Waals surface area contributed by atoms with Crippen molar-refractivity contribution >= 4 is 11.6 Å². The van der Waals surface area contributed by atoms with E-state index in [4.69, 9.17) is 20.9 Å². The van der Waals surface area contributed by atoms with Crippen LogP contribution in [0.15, 0.2) is 48.5 Å². The summed E-state index contributed by atoms with van der Waals surface area (Å²) in [4.78, 5) is 11.9. The molecule has 0 aliphatic carbocycles. The predicted octanol–water partition coefficient (Wildman–Crippen LogP) is 1.44. The molecule has 0 bridgehead atoms. The van der Waals surface area contributed by atoms with Crippen molar-refractivity contribution in [1.82, 2.24) is 5.32 Å². The van der Waals surface area contributed by atoms with Gasteiger partial charge in [0.1, 0.15) is 11.9 Å². The minimum absolute atomic E-state index is 0.0854. The number of anilines is 1. The maximum atomic E-state index is 11.9. The normalized spacial score (nSPS) is 11.9. The molecule has 0 fully saturated rings. The van der Waals surface area contributed by atoms with E-state index in [2.05, 4.69) is 5.32 Å². The molecule has 0 saturated heterocycles. The van der Waals surface area contributed by atoms with Gasteiger partial charge in [0.05, 0.1) is 19.8 Å². The van der Waals surface area contributed by atoms with Crippen molar-refractivity contribution in [2.75, 3.05) is 38.6 Å². The van der Waals surface area contributed by atoms with Gasteiger partial charge < -0.3 is 31.4 Å². The first kappa shape index (κ1) is 19.7. The van der Waals surface area contributed by atoms with E-state index in [1.165, 1.54) is 6.07 Å². The van der Waals surface area contributed by atoms with Crippen molar-refractivity contribution in [2.24, 2.45) is 5.73 Å². The second-order valence-electron chi connectivity index (χ2n) is 5.66. The Morgan fingerprint density at radius 3 is 2.65 bits per heavy atom. The van der Waals surface area contributed by atoms with E-state index in [1.807, 2.05) is 18.2 Å². The fourth-order valence-corrected chi connectivity index (χ4v) is 2.39. The zero-order valence-corrected chi connectivity index (χ0v) is 14.6. The van der Waals surface area contributed by atoms with Crippen LogP contribution in [0.1, 0.15) is 22.0 Å². The van der Waals surface area contributed by atoms with E-state index in [-0.39, 0.29) is 18.3 Å². The van der Waals surface area contributed by atoms with Gasteiger partial charge in [-0.2, -0.15) is 0 Å². The summed E-state index contributed by atoms with van der Waals surface area (Å²) in [6, 6.07) is 13.7. The molecule has 0 aliphatic heterocycles. The number of carbonyl (C=O) groups excluding carboxylic acids is 1. The number of nitrogen functional groups attached to an aromatic ring is 1. The highest BCUT2D eigenvalue weighted by Crippen LogP contribution is 2.29. The van der Waals surface area contributed by atoms with E-state index in [0.717, 1.165) is 0 Å². The molecule has 0 aromatic heterocycles. The molecular weight excluding hydrogens is 334 g/mol. The summed E-state index contributed by atoms with van der Waals surface area (Å²) >= 11 is 0. The number of hydrogen-bond donors (Lipinski definition) is 4. The smallest absolute Gasteiger partial charge is 0.251 e. The number of carbonyl (C=O) groups is 1. The minimum Gasteiger partial charge on any atom is -0.508 e. The zero-order chi connectivity index (χ0) is 18.8. The van der Waals surface area contributed by atoms with Gasteiger partial charge in [-0.15, -0.1) is 0 Å². The summed E-state index contributed by atoms with van der Waals surface area (Å²) < 4.78 is 11.3. The number of phenols is 1. The van der Waals surface area contributed by atoms with Gasteiger partial charge >= 0.3 is 0 Å². The van der Waals surface area contributed by atoms with Crippen molar-refractivity contribution in [3.05, 3.63) is 59.7 Å². The highest BCUT2D eigenvalue weighted by atomic mass is 16.5. The van der Waals surface area contributed by atoms with Crippen molar-refractivity contribution in [1.29, 1.82) is 0 Å². The lowest BCUT2D eigenvalue weighted by Crippen LogP contribution is -2.28. The summed E-state index contributed by atoms with van der Waals surface area (Å²) in [5, 5.41) is 12.8.